The Morgan fingerprint density at radius 1 is 1.18 bits per heavy atom. The van der Waals surface area contributed by atoms with Crippen LogP contribution in [0.5, 0.6) is 0 Å². The number of benzene rings is 2. The van der Waals surface area contributed by atoms with E-state index in [4.69, 9.17) is 9.47 Å². The molecule has 2 bridgehead atoms. The number of fused-ring (bicyclic) bond motifs is 2. The maximum atomic E-state index is 14.7. The lowest BCUT2D eigenvalue weighted by atomic mass is 9.70. The molecule has 3 amide bonds. The van der Waals surface area contributed by atoms with Gasteiger partial charge in [-0.05, 0) is 61.9 Å². The number of anilines is 1. The summed E-state index contributed by atoms with van der Waals surface area (Å²) in [6.07, 6.45) is 4.92. The molecule has 10 nitrogen and oxygen atoms in total. The lowest BCUT2D eigenvalue weighted by Crippen LogP contribution is -2.56. The van der Waals surface area contributed by atoms with Crippen molar-refractivity contribution in [2.75, 3.05) is 31.1 Å². The van der Waals surface area contributed by atoms with Crippen LogP contribution < -0.4 is 10.2 Å². The molecule has 240 valence electrons. The molecule has 3 saturated heterocycles. The zero-order valence-electron chi connectivity index (χ0n) is 25.9. The summed E-state index contributed by atoms with van der Waals surface area (Å²) in [6, 6.07) is 12.7. The first-order chi connectivity index (χ1) is 21.7. The molecular formula is C35H43N3O7. The number of amides is 3. The summed E-state index contributed by atoms with van der Waals surface area (Å²) in [5, 5.41) is 14.2. The quantitative estimate of drug-likeness (QED) is 0.178. The number of esters is 1. The number of rotatable bonds is 15. The molecule has 0 unspecified atom stereocenters. The molecule has 45 heavy (non-hydrogen) atoms. The van der Waals surface area contributed by atoms with Crippen LogP contribution in [0.25, 0.3) is 10.8 Å². The second kappa shape index (κ2) is 14.0. The number of hydrogen-bond acceptors (Lipinski definition) is 7. The van der Waals surface area contributed by atoms with Gasteiger partial charge in [0.2, 0.25) is 11.8 Å². The number of carbonyl (C=O) groups is 4. The Balaban J connectivity index is 1.42. The number of allylic oxidation sites excluding steroid dienone is 1. The second-order valence-corrected chi connectivity index (χ2v) is 12.2. The van der Waals surface area contributed by atoms with Gasteiger partial charge in [-0.1, -0.05) is 42.5 Å². The number of carbonyl (C=O) groups excluding carboxylic acids is 4. The van der Waals surface area contributed by atoms with Crippen LogP contribution in [0.1, 0.15) is 45.4 Å². The van der Waals surface area contributed by atoms with Crippen molar-refractivity contribution >= 4 is 40.2 Å². The van der Waals surface area contributed by atoms with Crippen LogP contribution in [0, 0.1) is 11.8 Å². The van der Waals surface area contributed by atoms with Crippen LogP contribution in [-0.4, -0.2) is 83.8 Å². The summed E-state index contributed by atoms with van der Waals surface area (Å²) < 4.78 is 12.3. The Kier molecular flexibility index (Phi) is 10.0. The standard InChI is InChI=1S/C35H43N3O7/c1-4-6-13-28(40)36-22-23(3)44-34(43)29-27-16-17-35(45-27)30(29)32(41)38(19-9-10-20-39)31(35)33(42)37(18-5-2)26-15-14-24-11-7-8-12-25(24)21-26/h4-5,7-8,11-12,14-15,21,23,27,29-31,39H,1-2,6,9-10,13,16-20,22H2,3H3,(H,36,40)/t23-,27-,29+,30+,31-,35+/m1/s1. The molecular weight excluding hydrogens is 574 g/mol. The van der Waals surface area contributed by atoms with Gasteiger partial charge < -0.3 is 29.7 Å². The largest absolute Gasteiger partial charge is 0.460 e. The van der Waals surface area contributed by atoms with E-state index in [9.17, 15) is 24.3 Å². The van der Waals surface area contributed by atoms with Crippen molar-refractivity contribution < 1.29 is 33.8 Å². The normalized spacial score (nSPS) is 25.6. The molecule has 10 heteroatoms. The summed E-state index contributed by atoms with van der Waals surface area (Å²) >= 11 is 0. The van der Waals surface area contributed by atoms with Crippen molar-refractivity contribution in [3.05, 3.63) is 67.8 Å². The van der Waals surface area contributed by atoms with Gasteiger partial charge in [-0.15, -0.1) is 13.2 Å². The average Bonchev–Trinajstić information content (AvgIpc) is 3.68. The molecule has 5 rings (SSSR count). The van der Waals surface area contributed by atoms with Crippen molar-refractivity contribution in [2.45, 2.75) is 69.3 Å². The topological polar surface area (TPSA) is 125 Å². The number of nitrogens with one attached hydrogen (secondary N) is 1. The third-order valence-electron chi connectivity index (χ3n) is 9.22. The maximum absolute atomic E-state index is 14.7. The predicted octanol–water partition coefficient (Wildman–Crippen LogP) is 3.52. The highest BCUT2D eigenvalue weighted by atomic mass is 16.6. The van der Waals surface area contributed by atoms with Gasteiger partial charge in [0.25, 0.3) is 5.91 Å². The van der Waals surface area contributed by atoms with Crippen LogP contribution in [0.2, 0.25) is 0 Å². The Morgan fingerprint density at radius 2 is 1.96 bits per heavy atom. The van der Waals surface area contributed by atoms with E-state index in [1.54, 1.807) is 28.9 Å². The summed E-state index contributed by atoms with van der Waals surface area (Å²) in [5.41, 5.74) is -0.506. The van der Waals surface area contributed by atoms with E-state index in [-0.39, 0.29) is 44.0 Å². The van der Waals surface area contributed by atoms with Crippen LogP contribution in [0.4, 0.5) is 5.69 Å². The minimum Gasteiger partial charge on any atom is -0.460 e. The van der Waals surface area contributed by atoms with Gasteiger partial charge in [-0.25, -0.2) is 0 Å². The van der Waals surface area contributed by atoms with Gasteiger partial charge in [0.15, 0.2) is 0 Å². The molecule has 0 aliphatic carbocycles. The first kappa shape index (κ1) is 32.4. The fourth-order valence-electron chi connectivity index (χ4n) is 7.18. The zero-order chi connectivity index (χ0) is 32.1. The van der Waals surface area contributed by atoms with Gasteiger partial charge in [0.05, 0.1) is 24.5 Å². The van der Waals surface area contributed by atoms with Gasteiger partial charge in [0, 0.05) is 31.8 Å². The number of aliphatic hydroxyl groups excluding tert-OH is 1. The van der Waals surface area contributed by atoms with Crippen molar-refractivity contribution in [3.63, 3.8) is 0 Å². The van der Waals surface area contributed by atoms with Crippen molar-refractivity contribution in [1.82, 2.24) is 10.2 Å². The molecule has 3 heterocycles. The summed E-state index contributed by atoms with van der Waals surface area (Å²) in [5.74, 6) is -3.07. The smallest absolute Gasteiger partial charge is 0.312 e. The van der Waals surface area contributed by atoms with E-state index in [1.165, 1.54) is 0 Å². The number of aliphatic hydroxyl groups is 1. The van der Waals surface area contributed by atoms with Crippen molar-refractivity contribution in [1.29, 1.82) is 0 Å². The van der Waals surface area contributed by atoms with Gasteiger partial charge >= 0.3 is 5.97 Å². The van der Waals surface area contributed by atoms with Gasteiger partial charge in [-0.2, -0.15) is 0 Å². The fourth-order valence-corrected chi connectivity index (χ4v) is 7.18. The van der Waals surface area contributed by atoms with Crippen LogP contribution >= 0.6 is 0 Å². The molecule has 0 aromatic heterocycles. The monoisotopic (exact) mass is 617 g/mol. The van der Waals surface area contributed by atoms with Crippen LogP contribution in [0.15, 0.2) is 67.8 Å². The summed E-state index contributed by atoms with van der Waals surface area (Å²) in [7, 11) is 0. The van der Waals surface area contributed by atoms with Crippen LogP contribution in [-0.2, 0) is 28.7 Å². The van der Waals surface area contributed by atoms with E-state index in [0.29, 0.717) is 44.2 Å². The van der Waals surface area contributed by atoms with E-state index in [2.05, 4.69) is 18.5 Å². The third kappa shape index (κ3) is 6.26. The number of likely N-dealkylation sites (tertiary alicyclic amines) is 1. The van der Waals surface area contributed by atoms with Crippen molar-refractivity contribution in [3.8, 4) is 0 Å². The van der Waals surface area contributed by atoms with E-state index < -0.39 is 41.7 Å². The molecule has 2 N–H and O–H groups in total. The highest BCUT2D eigenvalue weighted by molar-refractivity contribution is 6.05. The average molecular weight is 618 g/mol. The Bertz CT molecular complexity index is 1460. The highest BCUT2D eigenvalue weighted by Gasteiger charge is 2.75. The van der Waals surface area contributed by atoms with E-state index >= 15 is 0 Å². The Labute approximate surface area is 264 Å². The molecule has 2 aromatic rings. The number of nitrogens with zero attached hydrogens (tertiary/aromatic N) is 2. The summed E-state index contributed by atoms with van der Waals surface area (Å²) in [4.78, 5) is 57.7. The van der Waals surface area contributed by atoms with Crippen molar-refractivity contribution in [2.24, 2.45) is 11.8 Å². The minimum absolute atomic E-state index is 0.0373. The molecule has 1 spiro atoms. The number of unbranched alkanes of at least 4 members (excludes halogenated alkanes) is 1. The molecule has 0 radical (unpaired) electrons. The minimum atomic E-state index is -1.18. The number of ether oxygens (including phenoxy) is 2. The predicted molar refractivity (Wildman–Crippen MR) is 170 cm³/mol. The Morgan fingerprint density at radius 3 is 2.69 bits per heavy atom. The molecule has 3 aliphatic heterocycles. The van der Waals surface area contributed by atoms with E-state index in [1.807, 2.05) is 42.5 Å². The van der Waals surface area contributed by atoms with Gasteiger partial charge in [-0.3, -0.25) is 19.2 Å². The first-order valence-electron chi connectivity index (χ1n) is 15.8. The third-order valence-corrected chi connectivity index (χ3v) is 9.22. The SMILES string of the molecule is C=CCCC(=O)NC[C@@H](C)OC(=O)[C@@H]1[C@H]2C(=O)N(CCCCO)[C@H](C(=O)N(CC=C)c3ccc4ccccc4c3)[C@]23CC[C@H]1O3. The fraction of sp³-hybridized carbons (Fsp3) is 0.486. The summed E-state index contributed by atoms with van der Waals surface area (Å²) in [6.45, 7) is 9.76. The lowest BCUT2D eigenvalue weighted by molar-refractivity contribution is -0.159. The Hall–Kier alpha value is -4.02. The highest BCUT2D eigenvalue weighted by Crippen LogP contribution is 2.59. The zero-order valence-corrected chi connectivity index (χ0v) is 25.9. The molecule has 2 aromatic carbocycles. The first-order valence-corrected chi connectivity index (χ1v) is 15.8. The maximum Gasteiger partial charge on any atom is 0.312 e. The number of hydrogen-bond donors (Lipinski definition) is 2. The molecule has 3 aliphatic rings. The van der Waals surface area contributed by atoms with Gasteiger partial charge in [0.1, 0.15) is 17.7 Å². The molecule has 0 saturated carbocycles. The van der Waals surface area contributed by atoms with Crippen LogP contribution in [0.3, 0.4) is 0 Å². The van der Waals surface area contributed by atoms with E-state index in [0.717, 1.165) is 10.8 Å². The molecule has 6 atom stereocenters. The second-order valence-electron chi connectivity index (χ2n) is 12.2. The molecule has 3 fully saturated rings. The lowest BCUT2D eigenvalue weighted by Gasteiger charge is -2.37.